The van der Waals surface area contributed by atoms with Gasteiger partial charge in [-0.1, -0.05) is 17.7 Å². The molecule has 1 unspecified atom stereocenters. The number of hydrogen-bond donors (Lipinski definition) is 3. The van der Waals surface area contributed by atoms with Gasteiger partial charge in [-0.3, -0.25) is 0 Å². The molecular weight excluding hydrogens is 200 g/mol. The summed E-state index contributed by atoms with van der Waals surface area (Å²) in [5.41, 5.74) is 7.57. The molecule has 2 aromatic rings. The molecule has 3 nitrogen and oxygen atoms in total. The fourth-order valence-corrected chi connectivity index (χ4v) is 1.65. The minimum atomic E-state index is -0.342. The van der Waals surface area contributed by atoms with Gasteiger partial charge in [0.15, 0.2) is 0 Å². The first-order valence-corrected chi connectivity index (χ1v) is 4.73. The standard InChI is InChI=1S/C10H11ClN2O/c11-8-4-13-10-2-1-6(3-7(8)10)9(12)5-14/h1-4,9,13-14H,5,12H2. The zero-order valence-corrected chi connectivity index (χ0v) is 8.25. The van der Waals surface area contributed by atoms with Crippen LogP contribution < -0.4 is 5.73 Å². The van der Waals surface area contributed by atoms with E-state index in [1.54, 1.807) is 6.20 Å². The van der Waals surface area contributed by atoms with Crippen LogP contribution in [0, 0.1) is 0 Å². The van der Waals surface area contributed by atoms with E-state index < -0.39 is 0 Å². The van der Waals surface area contributed by atoms with Crippen LogP contribution in [0.15, 0.2) is 24.4 Å². The number of rotatable bonds is 2. The Balaban J connectivity index is 2.54. The highest BCUT2D eigenvalue weighted by Gasteiger charge is 2.07. The number of aliphatic hydroxyl groups is 1. The van der Waals surface area contributed by atoms with Crippen LogP contribution in [0.3, 0.4) is 0 Å². The van der Waals surface area contributed by atoms with Crippen molar-refractivity contribution in [2.45, 2.75) is 6.04 Å². The van der Waals surface area contributed by atoms with E-state index in [1.165, 1.54) is 0 Å². The first-order chi connectivity index (χ1) is 6.72. The summed E-state index contributed by atoms with van der Waals surface area (Å²) in [4.78, 5) is 3.04. The van der Waals surface area contributed by atoms with Crippen molar-refractivity contribution in [3.8, 4) is 0 Å². The van der Waals surface area contributed by atoms with Crippen molar-refractivity contribution in [3.63, 3.8) is 0 Å². The second-order valence-electron chi connectivity index (χ2n) is 3.23. The van der Waals surface area contributed by atoms with Gasteiger partial charge in [0, 0.05) is 17.1 Å². The normalized spacial score (nSPS) is 13.4. The van der Waals surface area contributed by atoms with Crippen LogP contribution in [-0.4, -0.2) is 16.7 Å². The molecule has 14 heavy (non-hydrogen) atoms. The second kappa shape index (κ2) is 3.61. The molecule has 1 aromatic heterocycles. The highest BCUT2D eigenvalue weighted by atomic mass is 35.5. The monoisotopic (exact) mass is 210 g/mol. The summed E-state index contributed by atoms with van der Waals surface area (Å²) < 4.78 is 0. The number of aliphatic hydroxyl groups excluding tert-OH is 1. The zero-order valence-electron chi connectivity index (χ0n) is 7.50. The summed E-state index contributed by atoms with van der Waals surface area (Å²) in [6.07, 6.45) is 1.74. The fourth-order valence-electron chi connectivity index (χ4n) is 1.44. The lowest BCUT2D eigenvalue weighted by molar-refractivity contribution is 0.268. The number of hydrogen-bond acceptors (Lipinski definition) is 2. The molecule has 0 saturated heterocycles. The Morgan fingerprint density at radius 2 is 2.29 bits per heavy atom. The first kappa shape index (κ1) is 9.52. The molecule has 0 bridgehead atoms. The number of aromatic nitrogens is 1. The number of halogens is 1. The van der Waals surface area contributed by atoms with E-state index in [1.807, 2.05) is 18.2 Å². The molecule has 0 aliphatic carbocycles. The maximum absolute atomic E-state index is 8.91. The molecule has 0 amide bonds. The molecule has 4 heteroatoms. The molecule has 1 aromatic carbocycles. The molecule has 0 aliphatic rings. The number of benzene rings is 1. The highest BCUT2D eigenvalue weighted by Crippen LogP contribution is 2.25. The lowest BCUT2D eigenvalue weighted by atomic mass is 10.1. The number of aromatic amines is 1. The van der Waals surface area contributed by atoms with Crippen LogP contribution in [0.1, 0.15) is 11.6 Å². The summed E-state index contributed by atoms with van der Waals surface area (Å²) in [6.45, 7) is -0.0620. The fraction of sp³-hybridized carbons (Fsp3) is 0.200. The van der Waals surface area contributed by atoms with Gasteiger partial charge in [0.2, 0.25) is 0 Å². The van der Waals surface area contributed by atoms with Crippen LogP contribution >= 0.6 is 11.6 Å². The van der Waals surface area contributed by atoms with Gasteiger partial charge in [0.1, 0.15) is 0 Å². The largest absolute Gasteiger partial charge is 0.394 e. The van der Waals surface area contributed by atoms with Crippen molar-refractivity contribution >= 4 is 22.5 Å². The summed E-state index contributed by atoms with van der Waals surface area (Å²) >= 11 is 5.96. The van der Waals surface area contributed by atoms with Crippen LogP contribution in [0.4, 0.5) is 0 Å². The predicted molar refractivity (Wildman–Crippen MR) is 57.3 cm³/mol. The molecule has 1 atom stereocenters. The third-order valence-electron chi connectivity index (χ3n) is 2.28. The van der Waals surface area contributed by atoms with E-state index in [4.69, 9.17) is 22.4 Å². The summed E-state index contributed by atoms with van der Waals surface area (Å²) in [6, 6.07) is 5.35. The van der Waals surface area contributed by atoms with Gasteiger partial charge < -0.3 is 15.8 Å². The summed E-state index contributed by atoms with van der Waals surface area (Å²) in [7, 11) is 0. The van der Waals surface area contributed by atoms with Crippen LogP contribution in [0.2, 0.25) is 5.02 Å². The highest BCUT2D eigenvalue weighted by molar-refractivity contribution is 6.35. The molecule has 0 aliphatic heterocycles. The number of nitrogens with two attached hydrogens (primary N) is 1. The van der Waals surface area contributed by atoms with E-state index in [0.29, 0.717) is 5.02 Å². The topological polar surface area (TPSA) is 62.0 Å². The molecular formula is C10H11ClN2O. The van der Waals surface area contributed by atoms with Crippen molar-refractivity contribution < 1.29 is 5.11 Å². The Morgan fingerprint density at radius 1 is 1.50 bits per heavy atom. The van der Waals surface area contributed by atoms with Crippen LogP contribution in [0.5, 0.6) is 0 Å². The minimum absolute atomic E-state index is 0.0620. The minimum Gasteiger partial charge on any atom is -0.394 e. The predicted octanol–water partition coefficient (Wildman–Crippen LogP) is 1.81. The van der Waals surface area contributed by atoms with Gasteiger partial charge in [-0.25, -0.2) is 0 Å². The SMILES string of the molecule is NC(CO)c1ccc2[nH]cc(Cl)c2c1. The Bertz CT molecular complexity index is 452. The second-order valence-corrected chi connectivity index (χ2v) is 3.64. The van der Waals surface area contributed by atoms with Crippen molar-refractivity contribution in [2.24, 2.45) is 5.73 Å². The van der Waals surface area contributed by atoms with E-state index >= 15 is 0 Å². The lowest BCUT2D eigenvalue weighted by Crippen LogP contribution is -2.14. The van der Waals surface area contributed by atoms with Gasteiger partial charge in [0.05, 0.1) is 17.7 Å². The van der Waals surface area contributed by atoms with Crippen molar-refractivity contribution in [3.05, 3.63) is 35.0 Å². The third kappa shape index (κ3) is 1.50. The van der Waals surface area contributed by atoms with Crippen molar-refractivity contribution in [1.29, 1.82) is 0 Å². The smallest absolute Gasteiger partial charge is 0.0659 e. The van der Waals surface area contributed by atoms with Gasteiger partial charge >= 0.3 is 0 Å². The zero-order chi connectivity index (χ0) is 10.1. The molecule has 0 saturated carbocycles. The van der Waals surface area contributed by atoms with E-state index in [-0.39, 0.29) is 12.6 Å². The van der Waals surface area contributed by atoms with E-state index in [2.05, 4.69) is 4.98 Å². The van der Waals surface area contributed by atoms with Crippen LogP contribution in [0.25, 0.3) is 10.9 Å². The Morgan fingerprint density at radius 3 is 3.00 bits per heavy atom. The average molecular weight is 211 g/mol. The molecule has 0 spiro atoms. The Labute approximate surface area is 86.5 Å². The first-order valence-electron chi connectivity index (χ1n) is 4.35. The molecule has 0 fully saturated rings. The molecule has 4 N–H and O–H groups in total. The van der Waals surface area contributed by atoms with Crippen molar-refractivity contribution in [2.75, 3.05) is 6.61 Å². The Kier molecular flexibility index (Phi) is 2.46. The lowest BCUT2D eigenvalue weighted by Gasteiger charge is -2.07. The van der Waals surface area contributed by atoms with Gasteiger partial charge in [-0.2, -0.15) is 0 Å². The van der Waals surface area contributed by atoms with Gasteiger partial charge in [0.25, 0.3) is 0 Å². The molecule has 1 heterocycles. The quantitative estimate of drug-likeness (QED) is 0.708. The van der Waals surface area contributed by atoms with Gasteiger partial charge in [-0.15, -0.1) is 0 Å². The number of nitrogens with one attached hydrogen (secondary N) is 1. The number of fused-ring (bicyclic) bond motifs is 1. The van der Waals surface area contributed by atoms with Crippen molar-refractivity contribution in [1.82, 2.24) is 4.98 Å². The third-order valence-corrected chi connectivity index (χ3v) is 2.59. The maximum Gasteiger partial charge on any atom is 0.0659 e. The molecule has 2 rings (SSSR count). The average Bonchev–Trinajstić information content (AvgIpc) is 2.59. The van der Waals surface area contributed by atoms with E-state index in [0.717, 1.165) is 16.5 Å². The Hall–Kier alpha value is -1.03. The van der Waals surface area contributed by atoms with E-state index in [9.17, 15) is 0 Å². The van der Waals surface area contributed by atoms with Gasteiger partial charge in [-0.05, 0) is 17.7 Å². The number of H-pyrrole nitrogens is 1. The molecule has 0 radical (unpaired) electrons. The summed E-state index contributed by atoms with van der Waals surface area (Å²) in [5, 5.41) is 10.5. The maximum atomic E-state index is 8.91. The summed E-state index contributed by atoms with van der Waals surface area (Å²) in [5.74, 6) is 0. The van der Waals surface area contributed by atoms with Crippen LogP contribution in [-0.2, 0) is 0 Å². The molecule has 74 valence electrons.